The van der Waals surface area contributed by atoms with E-state index in [1.165, 1.54) is 6.07 Å². The Hall–Kier alpha value is -2.63. The maximum absolute atomic E-state index is 13.8. The summed E-state index contributed by atoms with van der Waals surface area (Å²) in [5.41, 5.74) is 6.01. The largest absolute Gasteiger partial charge is 0.416 e. The smallest absolute Gasteiger partial charge is 0.399 e. The molecule has 4 rings (SSSR count). The Morgan fingerprint density at radius 3 is 2.50 bits per heavy atom. The lowest BCUT2D eigenvalue weighted by Crippen LogP contribution is -2.66. The maximum Gasteiger partial charge on any atom is 0.416 e. The van der Waals surface area contributed by atoms with Crippen LogP contribution in [-0.4, -0.2) is 79.2 Å². The number of hydrogen-bond donors (Lipinski definition) is 2. The molecule has 0 radical (unpaired) electrons. The lowest BCUT2D eigenvalue weighted by atomic mass is 9.73. The summed E-state index contributed by atoms with van der Waals surface area (Å²) in [4.78, 5) is 26.6. The Morgan fingerprint density at radius 2 is 1.92 bits per heavy atom. The second-order valence-corrected chi connectivity index (χ2v) is 9.75. The summed E-state index contributed by atoms with van der Waals surface area (Å²) < 4.78 is 45.2. The predicted octanol–water partition coefficient (Wildman–Crippen LogP) is 4.05. The first-order valence-electron chi connectivity index (χ1n) is 12.3. The summed E-state index contributed by atoms with van der Waals surface area (Å²) in [6.45, 7) is 7.04. The highest BCUT2D eigenvalue weighted by molar-refractivity contribution is 6.19. The van der Waals surface area contributed by atoms with Crippen molar-refractivity contribution in [1.82, 2.24) is 15.1 Å². The molecule has 0 atom stereocenters. The van der Waals surface area contributed by atoms with Crippen LogP contribution in [0.4, 0.5) is 18.9 Å². The number of alkyl halides is 4. The number of rotatable bonds is 7. The van der Waals surface area contributed by atoms with Crippen LogP contribution in [0.1, 0.15) is 44.2 Å². The molecule has 0 spiro atoms. The standard InChI is InChI=1S/C25H32ClF3N6O2.CH4/c1-31-21-3-6-34(23(36)24(4-2-5-24)35-7-9-37-10-8-35)15-20(21)22(33-16-26)32-14-17-11-18(25(27,28)29)13-19(30)12-17;/h11-13H,1-10,14-16,30H2,(H,32,33);1H4. The Labute approximate surface area is 226 Å². The van der Waals surface area contributed by atoms with Crippen LogP contribution in [0, 0.1) is 0 Å². The van der Waals surface area contributed by atoms with Crippen molar-refractivity contribution in [2.75, 3.05) is 51.1 Å². The number of carbonyl (C=O) groups is 1. The van der Waals surface area contributed by atoms with Crippen LogP contribution >= 0.6 is 11.6 Å². The van der Waals surface area contributed by atoms with Gasteiger partial charge in [0.2, 0.25) is 5.91 Å². The monoisotopic (exact) mass is 556 g/mol. The quantitative estimate of drug-likeness (QED) is 0.174. The van der Waals surface area contributed by atoms with E-state index in [2.05, 4.69) is 26.9 Å². The van der Waals surface area contributed by atoms with Crippen molar-refractivity contribution >= 4 is 35.7 Å². The maximum atomic E-state index is 13.8. The molecule has 38 heavy (non-hydrogen) atoms. The minimum absolute atomic E-state index is 0. The van der Waals surface area contributed by atoms with Gasteiger partial charge in [-0.15, -0.1) is 11.6 Å². The second-order valence-electron chi connectivity index (χ2n) is 9.48. The number of hydrogen-bond acceptors (Lipinski definition) is 6. The van der Waals surface area contributed by atoms with Crippen molar-refractivity contribution in [3.05, 3.63) is 40.6 Å². The molecule has 3 N–H and O–H groups in total. The van der Waals surface area contributed by atoms with Crippen LogP contribution in [0.2, 0.25) is 0 Å². The number of morpholine rings is 1. The highest BCUT2D eigenvalue weighted by Crippen LogP contribution is 2.40. The van der Waals surface area contributed by atoms with Gasteiger partial charge in [0.05, 0.1) is 43.6 Å². The number of nitrogen functional groups attached to an aromatic ring is 1. The summed E-state index contributed by atoms with van der Waals surface area (Å²) in [7, 11) is 0. The molecule has 0 unspecified atom stereocenters. The van der Waals surface area contributed by atoms with Crippen molar-refractivity contribution in [3.63, 3.8) is 0 Å². The van der Waals surface area contributed by atoms with E-state index >= 15 is 0 Å². The highest BCUT2D eigenvalue weighted by Gasteiger charge is 2.51. The van der Waals surface area contributed by atoms with Gasteiger partial charge in [0.25, 0.3) is 0 Å². The van der Waals surface area contributed by atoms with Gasteiger partial charge in [0.1, 0.15) is 11.4 Å². The normalized spacial score (nSPS) is 20.4. The third kappa shape index (κ3) is 6.32. The molecule has 2 heterocycles. The average molecular weight is 557 g/mol. The fourth-order valence-electron chi connectivity index (χ4n) is 5.24. The van der Waals surface area contributed by atoms with Crippen molar-refractivity contribution < 1.29 is 22.7 Å². The van der Waals surface area contributed by atoms with Crippen molar-refractivity contribution in [2.24, 2.45) is 9.98 Å². The Kier molecular flexibility index (Phi) is 9.83. The number of aliphatic imine (C=N–C) groups is 2. The molecular formula is C26H36ClF3N6O2. The van der Waals surface area contributed by atoms with Crippen LogP contribution in [0.3, 0.4) is 0 Å². The van der Waals surface area contributed by atoms with Gasteiger partial charge >= 0.3 is 6.18 Å². The zero-order chi connectivity index (χ0) is 26.6. The number of nitrogens with two attached hydrogens (primary N) is 1. The van der Waals surface area contributed by atoms with Gasteiger partial charge in [0, 0.05) is 37.3 Å². The highest BCUT2D eigenvalue weighted by atomic mass is 35.5. The molecule has 0 aromatic heterocycles. The number of ether oxygens (including phenoxy) is 1. The van der Waals surface area contributed by atoms with Gasteiger partial charge in [-0.2, -0.15) is 13.2 Å². The molecule has 0 bridgehead atoms. The number of halogens is 4. The summed E-state index contributed by atoms with van der Waals surface area (Å²) >= 11 is 5.97. The van der Waals surface area contributed by atoms with E-state index in [0.717, 1.165) is 44.5 Å². The van der Waals surface area contributed by atoms with Gasteiger partial charge in [-0.05, 0) is 49.7 Å². The second kappa shape index (κ2) is 12.5. The number of nitrogens with zero attached hydrogens (tertiary/aromatic N) is 4. The first-order chi connectivity index (χ1) is 17.7. The summed E-state index contributed by atoms with van der Waals surface area (Å²) in [6, 6.07) is 3.39. The molecule has 1 saturated carbocycles. The van der Waals surface area contributed by atoms with Crippen molar-refractivity contribution in [2.45, 2.75) is 51.4 Å². The summed E-state index contributed by atoms with van der Waals surface area (Å²) in [5, 5.41) is 2.99. The van der Waals surface area contributed by atoms with Gasteiger partial charge in [-0.25, -0.2) is 0 Å². The summed E-state index contributed by atoms with van der Waals surface area (Å²) in [6.07, 6.45) is -1.41. The van der Waals surface area contributed by atoms with Gasteiger partial charge in [0.15, 0.2) is 0 Å². The van der Waals surface area contributed by atoms with E-state index in [1.54, 1.807) is 0 Å². The third-order valence-corrected chi connectivity index (χ3v) is 7.41. The lowest BCUT2D eigenvalue weighted by Gasteiger charge is -2.52. The van der Waals surface area contributed by atoms with Gasteiger partial charge < -0.3 is 20.7 Å². The first kappa shape index (κ1) is 29.9. The van der Waals surface area contributed by atoms with E-state index < -0.39 is 17.3 Å². The molecule has 8 nitrogen and oxygen atoms in total. The van der Waals surface area contributed by atoms with Crippen molar-refractivity contribution in [1.29, 1.82) is 0 Å². The number of anilines is 1. The molecule has 1 aromatic carbocycles. The number of carbonyl (C=O) groups excluding carboxylic acids is 1. The Balaban J connectivity index is 0.00000400. The van der Waals surface area contributed by atoms with Crippen LogP contribution in [0.15, 0.2) is 39.5 Å². The fraction of sp³-hybridized carbons (Fsp3) is 0.577. The Morgan fingerprint density at radius 1 is 1.21 bits per heavy atom. The zero-order valence-corrected chi connectivity index (χ0v) is 21.4. The van der Waals surface area contributed by atoms with E-state index in [0.29, 0.717) is 48.8 Å². The third-order valence-electron chi connectivity index (χ3n) is 7.27. The SMILES string of the molecule is C.C=NC1=C(C(=NCc2cc(N)cc(C(F)(F)F)c2)NCCl)CN(C(=O)C2(N3CCOCC3)CCC2)CC1. The van der Waals surface area contributed by atoms with Gasteiger partial charge in [-0.3, -0.25) is 19.7 Å². The molecule has 210 valence electrons. The molecule has 1 amide bonds. The van der Waals surface area contributed by atoms with E-state index in [1.807, 2.05) is 4.90 Å². The van der Waals surface area contributed by atoms with Crippen LogP contribution < -0.4 is 11.1 Å². The molecule has 1 aliphatic carbocycles. The molecule has 1 saturated heterocycles. The molecule has 12 heteroatoms. The van der Waals surface area contributed by atoms with E-state index in [-0.39, 0.29) is 38.1 Å². The van der Waals surface area contributed by atoms with Crippen LogP contribution in [-0.2, 0) is 22.3 Å². The lowest BCUT2D eigenvalue weighted by molar-refractivity contribution is -0.155. The zero-order valence-electron chi connectivity index (χ0n) is 20.6. The minimum atomic E-state index is -4.52. The Bertz CT molecular complexity index is 1080. The summed E-state index contributed by atoms with van der Waals surface area (Å²) in [5.74, 6) is 0.456. The molecule has 2 aliphatic heterocycles. The van der Waals surface area contributed by atoms with Gasteiger partial charge in [-0.1, -0.05) is 7.43 Å². The van der Waals surface area contributed by atoms with E-state index in [9.17, 15) is 18.0 Å². The van der Waals surface area contributed by atoms with Crippen LogP contribution in [0.5, 0.6) is 0 Å². The van der Waals surface area contributed by atoms with Crippen molar-refractivity contribution in [3.8, 4) is 0 Å². The predicted molar refractivity (Wildman–Crippen MR) is 144 cm³/mol. The molecular weight excluding hydrogens is 521 g/mol. The molecule has 2 fully saturated rings. The average Bonchev–Trinajstić information content (AvgIpc) is 2.85. The molecule has 1 aromatic rings. The topological polar surface area (TPSA) is 95.5 Å². The number of nitrogens with one attached hydrogen (secondary N) is 1. The van der Waals surface area contributed by atoms with Crippen LogP contribution in [0.25, 0.3) is 0 Å². The first-order valence-corrected chi connectivity index (χ1v) is 12.8. The fourth-order valence-corrected chi connectivity index (χ4v) is 5.37. The minimum Gasteiger partial charge on any atom is -0.399 e. The molecule has 3 aliphatic rings. The number of benzene rings is 1. The number of amides is 1. The van der Waals surface area contributed by atoms with E-state index in [4.69, 9.17) is 22.1 Å². The number of amidine groups is 1.